The molecule has 1 aliphatic heterocycles. The molecule has 0 radical (unpaired) electrons. The SMILES string of the molecule is C=CC[C@H]1CC[C@H](C)[C@H](CC(=O)OCC)O1. The van der Waals surface area contributed by atoms with E-state index in [0.29, 0.717) is 18.9 Å². The Kier molecular flexibility index (Phi) is 5.53. The van der Waals surface area contributed by atoms with E-state index in [1.54, 1.807) is 0 Å². The van der Waals surface area contributed by atoms with Crippen molar-refractivity contribution in [3.8, 4) is 0 Å². The first-order valence-electron chi connectivity index (χ1n) is 6.09. The third kappa shape index (κ3) is 3.97. The summed E-state index contributed by atoms with van der Waals surface area (Å²) in [5, 5.41) is 0. The van der Waals surface area contributed by atoms with Gasteiger partial charge in [0, 0.05) is 0 Å². The van der Waals surface area contributed by atoms with Crippen molar-refractivity contribution in [3.05, 3.63) is 12.7 Å². The molecule has 0 unspecified atom stereocenters. The first kappa shape index (κ1) is 13.2. The largest absolute Gasteiger partial charge is 0.466 e. The molecule has 0 aromatic carbocycles. The van der Waals surface area contributed by atoms with E-state index in [9.17, 15) is 4.79 Å². The van der Waals surface area contributed by atoms with Gasteiger partial charge in [-0.3, -0.25) is 4.79 Å². The Bertz CT molecular complexity index is 237. The zero-order valence-corrected chi connectivity index (χ0v) is 10.3. The lowest BCUT2D eigenvalue weighted by Gasteiger charge is -2.34. The van der Waals surface area contributed by atoms with Gasteiger partial charge in [-0.25, -0.2) is 0 Å². The number of rotatable bonds is 5. The second kappa shape index (κ2) is 6.69. The molecule has 0 spiro atoms. The van der Waals surface area contributed by atoms with Gasteiger partial charge < -0.3 is 9.47 Å². The summed E-state index contributed by atoms with van der Waals surface area (Å²) in [5.74, 6) is 0.282. The van der Waals surface area contributed by atoms with Crippen LogP contribution in [0.15, 0.2) is 12.7 Å². The Morgan fingerprint density at radius 2 is 2.31 bits per heavy atom. The predicted octanol–water partition coefficient (Wildman–Crippen LogP) is 2.70. The molecule has 1 saturated heterocycles. The van der Waals surface area contributed by atoms with Gasteiger partial charge in [-0.05, 0) is 32.1 Å². The van der Waals surface area contributed by atoms with Crippen LogP contribution in [0.3, 0.4) is 0 Å². The minimum Gasteiger partial charge on any atom is -0.466 e. The quantitative estimate of drug-likeness (QED) is 0.534. The molecule has 0 aromatic heterocycles. The second-order valence-electron chi connectivity index (χ2n) is 4.38. The van der Waals surface area contributed by atoms with Gasteiger partial charge in [-0.1, -0.05) is 13.0 Å². The van der Waals surface area contributed by atoms with Crippen molar-refractivity contribution in [1.82, 2.24) is 0 Å². The number of carbonyl (C=O) groups excluding carboxylic acids is 1. The summed E-state index contributed by atoms with van der Waals surface area (Å²) in [7, 11) is 0. The molecule has 1 rings (SSSR count). The fourth-order valence-electron chi connectivity index (χ4n) is 2.08. The van der Waals surface area contributed by atoms with Crippen LogP contribution < -0.4 is 0 Å². The van der Waals surface area contributed by atoms with Crippen molar-refractivity contribution < 1.29 is 14.3 Å². The molecule has 16 heavy (non-hydrogen) atoms. The summed E-state index contributed by atoms with van der Waals surface area (Å²) in [6.45, 7) is 8.11. The van der Waals surface area contributed by atoms with Gasteiger partial charge in [0.25, 0.3) is 0 Å². The van der Waals surface area contributed by atoms with Crippen molar-refractivity contribution >= 4 is 5.97 Å². The van der Waals surface area contributed by atoms with Gasteiger partial charge in [0.1, 0.15) is 0 Å². The van der Waals surface area contributed by atoms with Gasteiger partial charge in [-0.2, -0.15) is 0 Å². The summed E-state index contributed by atoms with van der Waals surface area (Å²) in [4.78, 5) is 11.4. The third-order valence-electron chi connectivity index (χ3n) is 3.05. The Hall–Kier alpha value is -0.830. The Morgan fingerprint density at radius 1 is 1.56 bits per heavy atom. The summed E-state index contributed by atoms with van der Waals surface area (Å²) >= 11 is 0. The molecule has 0 aromatic rings. The van der Waals surface area contributed by atoms with Crippen LogP contribution in [0.5, 0.6) is 0 Å². The van der Waals surface area contributed by atoms with E-state index in [4.69, 9.17) is 9.47 Å². The highest BCUT2D eigenvalue weighted by Gasteiger charge is 2.29. The van der Waals surface area contributed by atoms with Crippen LogP contribution in [0.2, 0.25) is 0 Å². The van der Waals surface area contributed by atoms with Crippen LogP contribution in [0.4, 0.5) is 0 Å². The second-order valence-corrected chi connectivity index (χ2v) is 4.38. The summed E-state index contributed by atoms with van der Waals surface area (Å²) in [6.07, 6.45) is 5.54. The van der Waals surface area contributed by atoms with Crippen LogP contribution in [0.1, 0.15) is 39.5 Å². The molecule has 92 valence electrons. The number of hydrogen-bond donors (Lipinski definition) is 0. The highest BCUT2D eigenvalue weighted by Crippen LogP contribution is 2.28. The van der Waals surface area contributed by atoms with Crippen LogP contribution in [-0.2, 0) is 14.3 Å². The molecule has 1 heterocycles. The van der Waals surface area contributed by atoms with Crippen molar-refractivity contribution in [2.24, 2.45) is 5.92 Å². The van der Waals surface area contributed by atoms with E-state index in [0.717, 1.165) is 19.3 Å². The number of hydrogen-bond acceptors (Lipinski definition) is 3. The molecular weight excluding hydrogens is 204 g/mol. The zero-order valence-electron chi connectivity index (χ0n) is 10.3. The fraction of sp³-hybridized carbons (Fsp3) is 0.769. The van der Waals surface area contributed by atoms with Crippen molar-refractivity contribution in [3.63, 3.8) is 0 Å². The van der Waals surface area contributed by atoms with Gasteiger partial charge in [0.2, 0.25) is 0 Å². The van der Waals surface area contributed by atoms with Crippen molar-refractivity contribution in [2.75, 3.05) is 6.61 Å². The first-order chi connectivity index (χ1) is 7.67. The van der Waals surface area contributed by atoms with Gasteiger partial charge >= 0.3 is 5.97 Å². The molecule has 3 heteroatoms. The lowest BCUT2D eigenvalue weighted by molar-refractivity contribution is -0.151. The lowest BCUT2D eigenvalue weighted by atomic mass is 9.90. The van der Waals surface area contributed by atoms with Crippen LogP contribution in [0.25, 0.3) is 0 Å². The highest BCUT2D eigenvalue weighted by atomic mass is 16.5. The maximum Gasteiger partial charge on any atom is 0.308 e. The fourth-order valence-corrected chi connectivity index (χ4v) is 2.08. The number of esters is 1. The summed E-state index contributed by atoms with van der Waals surface area (Å²) in [5.41, 5.74) is 0. The van der Waals surface area contributed by atoms with Gasteiger partial charge in [0.05, 0.1) is 25.2 Å². The average Bonchev–Trinajstić information content (AvgIpc) is 2.24. The Morgan fingerprint density at radius 3 is 2.94 bits per heavy atom. The molecule has 1 aliphatic rings. The van der Waals surface area contributed by atoms with E-state index in [2.05, 4.69) is 13.5 Å². The molecular formula is C13H22O3. The molecule has 0 N–H and O–H groups in total. The normalized spacial score (nSPS) is 29.8. The van der Waals surface area contributed by atoms with Crippen molar-refractivity contribution in [2.45, 2.75) is 51.7 Å². The maximum absolute atomic E-state index is 11.4. The zero-order chi connectivity index (χ0) is 12.0. The standard InChI is InChI=1S/C13H22O3/c1-4-6-11-8-7-10(3)12(16-11)9-13(14)15-5-2/h4,10-12H,1,5-9H2,2-3H3/t10-,11-,12-/m0/s1. The molecule has 0 saturated carbocycles. The average molecular weight is 226 g/mol. The molecule has 0 amide bonds. The Labute approximate surface area is 97.8 Å². The molecule has 1 fully saturated rings. The van der Waals surface area contributed by atoms with E-state index in [1.165, 1.54) is 0 Å². The van der Waals surface area contributed by atoms with Crippen LogP contribution in [0, 0.1) is 5.92 Å². The predicted molar refractivity (Wildman–Crippen MR) is 63.1 cm³/mol. The molecule has 3 atom stereocenters. The minimum absolute atomic E-state index is 0.0118. The molecule has 0 bridgehead atoms. The first-order valence-corrected chi connectivity index (χ1v) is 6.09. The topological polar surface area (TPSA) is 35.5 Å². The van der Waals surface area contributed by atoms with E-state index in [-0.39, 0.29) is 18.2 Å². The van der Waals surface area contributed by atoms with Crippen LogP contribution >= 0.6 is 0 Å². The molecule has 0 aliphatic carbocycles. The van der Waals surface area contributed by atoms with Gasteiger partial charge in [-0.15, -0.1) is 6.58 Å². The molecule has 3 nitrogen and oxygen atoms in total. The van der Waals surface area contributed by atoms with E-state index < -0.39 is 0 Å². The van der Waals surface area contributed by atoms with Gasteiger partial charge in [0.15, 0.2) is 0 Å². The summed E-state index contributed by atoms with van der Waals surface area (Å²) < 4.78 is 10.8. The number of carbonyl (C=O) groups is 1. The summed E-state index contributed by atoms with van der Waals surface area (Å²) in [6, 6.07) is 0. The maximum atomic E-state index is 11.4. The smallest absolute Gasteiger partial charge is 0.308 e. The van der Waals surface area contributed by atoms with Crippen LogP contribution in [-0.4, -0.2) is 24.8 Å². The van der Waals surface area contributed by atoms with E-state index >= 15 is 0 Å². The minimum atomic E-state index is -0.154. The van der Waals surface area contributed by atoms with E-state index in [1.807, 2.05) is 13.0 Å². The lowest BCUT2D eigenvalue weighted by Crippen LogP contribution is -2.35. The van der Waals surface area contributed by atoms with Crippen molar-refractivity contribution in [1.29, 1.82) is 0 Å². The third-order valence-corrected chi connectivity index (χ3v) is 3.05. The highest BCUT2D eigenvalue weighted by molar-refractivity contribution is 5.70. The number of ether oxygens (including phenoxy) is 2. The monoisotopic (exact) mass is 226 g/mol. The Balaban J connectivity index is 2.42.